The molecule has 0 N–H and O–H groups in total. The van der Waals surface area contributed by atoms with E-state index in [1.165, 1.54) is 11.0 Å². The van der Waals surface area contributed by atoms with Gasteiger partial charge in [-0.05, 0) is 41.3 Å². The fourth-order valence-corrected chi connectivity index (χ4v) is 4.31. The first kappa shape index (κ1) is 21.7. The SMILES string of the molecule is [N-]=[N+]=NC[C@H]1CN(c2ccc(N3CCN(C(=O)C=Cc4cccs4)CC3)c(F)c2)C(=O)O1. The van der Waals surface area contributed by atoms with Crippen LogP contribution in [0.25, 0.3) is 16.5 Å². The largest absolute Gasteiger partial charge is 0.444 e. The Morgan fingerprint density at radius 1 is 1.31 bits per heavy atom. The van der Waals surface area contributed by atoms with Crippen LogP contribution < -0.4 is 9.80 Å². The molecule has 2 aliphatic heterocycles. The number of amides is 2. The van der Waals surface area contributed by atoms with Gasteiger partial charge in [-0.2, -0.15) is 0 Å². The predicted molar refractivity (Wildman–Crippen MR) is 120 cm³/mol. The van der Waals surface area contributed by atoms with E-state index in [9.17, 15) is 14.0 Å². The normalized spacial score (nSPS) is 18.7. The van der Waals surface area contributed by atoms with E-state index in [0.717, 1.165) is 4.88 Å². The van der Waals surface area contributed by atoms with Crippen LogP contribution in [0.4, 0.5) is 20.6 Å². The Kier molecular flexibility index (Phi) is 6.58. The molecule has 0 unspecified atom stereocenters. The van der Waals surface area contributed by atoms with Gasteiger partial charge in [0.2, 0.25) is 5.91 Å². The van der Waals surface area contributed by atoms with E-state index in [-0.39, 0.29) is 19.0 Å². The number of piperazine rings is 1. The number of rotatable bonds is 6. The summed E-state index contributed by atoms with van der Waals surface area (Å²) < 4.78 is 20.0. The van der Waals surface area contributed by atoms with E-state index in [4.69, 9.17) is 10.3 Å². The van der Waals surface area contributed by atoms with E-state index >= 15 is 0 Å². The molecule has 2 aliphatic rings. The number of cyclic esters (lactones) is 1. The molecule has 2 fully saturated rings. The van der Waals surface area contributed by atoms with E-state index < -0.39 is 18.0 Å². The van der Waals surface area contributed by atoms with Gasteiger partial charge in [0, 0.05) is 42.0 Å². The van der Waals surface area contributed by atoms with Gasteiger partial charge in [-0.3, -0.25) is 9.69 Å². The van der Waals surface area contributed by atoms with Crippen LogP contribution in [0.15, 0.2) is 46.9 Å². The van der Waals surface area contributed by atoms with Crippen molar-refractivity contribution >= 4 is 40.8 Å². The number of ether oxygens (including phenoxy) is 1. The van der Waals surface area contributed by atoms with Crippen molar-refractivity contribution in [2.24, 2.45) is 5.11 Å². The number of anilines is 2. The van der Waals surface area contributed by atoms with Gasteiger partial charge in [-0.25, -0.2) is 9.18 Å². The molecule has 32 heavy (non-hydrogen) atoms. The van der Waals surface area contributed by atoms with Crippen LogP contribution in [-0.2, 0) is 9.53 Å². The Bertz CT molecular complexity index is 1060. The number of carbonyl (C=O) groups is 2. The van der Waals surface area contributed by atoms with Crippen LogP contribution in [0.3, 0.4) is 0 Å². The molecule has 1 aromatic heterocycles. The third-order valence-corrected chi connectivity index (χ3v) is 6.17. The fourth-order valence-electron chi connectivity index (χ4n) is 3.69. The zero-order valence-electron chi connectivity index (χ0n) is 17.1. The van der Waals surface area contributed by atoms with Gasteiger partial charge in [0.05, 0.1) is 24.5 Å². The summed E-state index contributed by atoms with van der Waals surface area (Å²) in [6.45, 7) is 2.23. The van der Waals surface area contributed by atoms with Crippen molar-refractivity contribution in [3.63, 3.8) is 0 Å². The number of hydrogen-bond acceptors (Lipinski definition) is 6. The molecule has 2 aromatic rings. The molecule has 1 atom stereocenters. The summed E-state index contributed by atoms with van der Waals surface area (Å²) in [5, 5.41) is 5.37. The van der Waals surface area contributed by atoms with Crippen LogP contribution in [0.1, 0.15) is 4.88 Å². The molecule has 11 heteroatoms. The minimum absolute atomic E-state index is 0.0326. The van der Waals surface area contributed by atoms with Gasteiger partial charge in [0.15, 0.2) is 0 Å². The number of thiophene rings is 1. The highest BCUT2D eigenvalue weighted by atomic mass is 32.1. The van der Waals surface area contributed by atoms with Crippen molar-refractivity contribution in [2.45, 2.75) is 6.10 Å². The van der Waals surface area contributed by atoms with Crippen molar-refractivity contribution < 1.29 is 18.7 Å². The summed E-state index contributed by atoms with van der Waals surface area (Å²) in [7, 11) is 0. The predicted octanol–water partition coefficient (Wildman–Crippen LogP) is 3.88. The maximum absolute atomic E-state index is 14.9. The number of benzene rings is 1. The van der Waals surface area contributed by atoms with Crippen molar-refractivity contribution in [3.8, 4) is 0 Å². The molecular weight excluding hydrogens is 435 g/mol. The molecule has 2 saturated heterocycles. The van der Waals surface area contributed by atoms with E-state index in [1.807, 2.05) is 22.4 Å². The summed E-state index contributed by atoms with van der Waals surface area (Å²) in [5.41, 5.74) is 9.21. The Balaban J connectivity index is 1.35. The second-order valence-electron chi connectivity index (χ2n) is 7.33. The summed E-state index contributed by atoms with van der Waals surface area (Å²) in [6, 6.07) is 8.47. The molecule has 0 saturated carbocycles. The molecule has 1 aromatic carbocycles. The van der Waals surface area contributed by atoms with Crippen molar-refractivity contribution in [1.82, 2.24) is 4.90 Å². The summed E-state index contributed by atoms with van der Waals surface area (Å²) in [5.74, 6) is -0.511. The Labute approximate surface area is 187 Å². The van der Waals surface area contributed by atoms with Crippen molar-refractivity contribution in [3.05, 3.63) is 62.9 Å². The van der Waals surface area contributed by atoms with Gasteiger partial charge < -0.3 is 14.5 Å². The van der Waals surface area contributed by atoms with E-state index in [0.29, 0.717) is 37.6 Å². The average Bonchev–Trinajstić information content (AvgIpc) is 3.45. The third-order valence-electron chi connectivity index (χ3n) is 5.33. The lowest BCUT2D eigenvalue weighted by Gasteiger charge is -2.36. The summed E-state index contributed by atoms with van der Waals surface area (Å²) in [6.07, 6.45) is 2.22. The number of carbonyl (C=O) groups excluding carboxylic acids is 2. The third kappa shape index (κ3) is 4.84. The standard InChI is InChI=1S/C21H21FN6O3S/c22-18-12-15(28-14-16(13-24-25-23)31-21(28)30)3-5-19(18)26-7-9-27(10-8-26)20(29)6-4-17-2-1-11-32-17/h1-6,11-12,16H,7-10,13-14H2/t16-/m0/s1. The molecule has 0 radical (unpaired) electrons. The number of halogens is 1. The first-order valence-corrected chi connectivity index (χ1v) is 11.0. The minimum Gasteiger partial charge on any atom is -0.444 e. The second kappa shape index (κ2) is 9.71. The minimum atomic E-state index is -0.599. The topological polar surface area (TPSA) is 102 Å². The lowest BCUT2D eigenvalue weighted by atomic mass is 10.2. The van der Waals surface area contributed by atoms with E-state index in [1.54, 1.807) is 40.5 Å². The molecule has 2 amide bonds. The molecule has 0 bridgehead atoms. The average molecular weight is 457 g/mol. The number of nitrogens with zero attached hydrogens (tertiary/aromatic N) is 6. The van der Waals surface area contributed by atoms with Gasteiger partial charge in [-0.1, -0.05) is 11.2 Å². The lowest BCUT2D eigenvalue weighted by Crippen LogP contribution is -2.48. The van der Waals surface area contributed by atoms with Crippen LogP contribution in [0.2, 0.25) is 0 Å². The van der Waals surface area contributed by atoms with Gasteiger partial charge >= 0.3 is 6.09 Å². The number of azide groups is 1. The molecule has 0 spiro atoms. The highest BCUT2D eigenvalue weighted by Crippen LogP contribution is 2.28. The summed E-state index contributed by atoms with van der Waals surface area (Å²) in [4.78, 5) is 33.1. The van der Waals surface area contributed by atoms with Crippen LogP contribution in [0.5, 0.6) is 0 Å². The van der Waals surface area contributed by atoms with E-state index in [2.05, 4.69) is 10.0 Å². The van der Waals surface area contributed by atoms with Crippen LogP contribution >= 0.6 is 11.3 Å². The first-order valence-electron chi connectivity index (χ1n) is 10.1. The monoisotopic (exact) mass is 456 g/mol. The highest BCUT2D eigenvalue weighted by molar-refractivity contribution is 7.10. The van der Waals surface area contributed by atoms with Crippen molar-refractivity contribution in [1.29, 1.82) is 0 Å². The molecule has 9 nitrogen and oxygen atoms in total. The zero-order chi connectivity index (χ0) is 22.5. The Morgan fingerprint density at radius 3 is 2.81 bits per heavy atom. The Hall–Kier alpha value is -3.56. The first-order chi connectivity index (χ1) is 15.5. The lowest BCUT2D eigenvalue weighted by molar-refractivity contribution is -0.126. The maximum Gasteiger partial charge on any atom is 0.414 e. The summed E-state index contributed by atoms with van der Waals surface area (Å²) >= 11 is 1.57. The zero-order valence-corrected chi connectivity index (χ0v) is 17.9. The van der Waals surface area contributed by atoms with Crippen LogP contribution in [-0.4, -0.2) is 62.3 Å². The fraction of sp³-hybridized carbons (Fsp3) is 0.333. The number of hydrogen-bond donors (Lipinski definition) is 0. The Morgan fingerprint density at radius 2 is 2.12 bits per heavy atom. The van der Waals surface area contributed by atoms with Gasteiger partial charge in [-0.15, -0.1) is 11.3 Å². The second-order valence-corrected chi connectivity index (χ2v) is 8.31. The van der Waals surface area contributed by atoms with Gasteiger partial charge in [0.1, 0.15) is 11.9 Å². The molecule has 0 aliphatic carbocycles. The van der Waals surface area contributed by atoms with Crippen LogP contribution in [0, 0.1) is 5.82 Å². The highest BCUT2D eigenvalue weighted by Gasteiger charge is 2.32. The molecule has 3 heterocycles. The smallest absolute Gasteiger partial charge is 0.414 e. The van der Waals surface area contributed by atoms with Gasteiger partial charge in [0.25, 0.3) is 0 Å². The molecule has 166 valence electrons. The molecule has 4 rings (SSSR count). The quantitative estimate of drug-likeness (QED) is 0.285. The maximum atomic E-state index is 14.9. The van der Waals surface area contributed by atoms with Crippen molar-refractivity contribution in [2.75, 3.05) is 49.1 Å². The molecular formula is C21H21FN6O3S.